The fraction of sp³-hybridized carbons (Fsp3) is 0.714. The molecule has 3 atom stereocenters. The van der Waals surface area contributed by atoms with Crippen LogP contribution in [0.3, 0.4) is 0 Å². The molecule has 1 rings (SSSR count). The van der Waals surface area contributed by atoms with Crippen molar-refractivity contribution in [3.8, 4) is 0 Å². The molecule has 8 heavy (non-hydrogen) atoms. The fourth-order valence-electron chi connectivity index (χ4n) is 1.02. The first-order valence-electron chi connectivity index (χ1n) is 3.14. The van der Waals surface area contributed by atoms with Gasteiger partial charge in [-0.15, -0.1) is 6.58 Å². The lowest BCUT2D eigenvalue weighted by Gasteiger charge is -1.99. The van der Waals surface area contributed by atoms with Gasteiger partial charge in [-0.25, -0.2) is 0 Å². The van der Waals surface area contributed by atoms with Crippen molar-refractivity contribution in [2.24, 2.45) is 17.6 Å². The number of hydrogen-bond donors (Lipinski definition) is 1. The molecule has 0 aromatic heterocycles. The minimum atomic E-state index is 0.475. The van der Waals surface area contributed by atoms with Gasteiger partial charge < -0.3 is 5.73 Å². The second kappa shape index (κ2) is 1.90. The van der Waals surface area contributed by atoms with Crippen molar-refractivity contribution in [2.45, 2.75) is 19.4 Å². The van der Waals surface area contributed by atoms with E-state index in [0.29, 0.717) is 12.0 Å². The van der Waals surface area contributed by atoms with Gasteiger partial charge in [-0.05, 0) is 18.3 Å². The van der Waals surface area contributed by atoms with Crippen LogP contribution in [0, 0.1) is 11.8 Å². The van der Waals surface area contributed by atoms with E-state index >= 15 is 0 Å². The van der Waals surface area contributed by atoms with Crippen molar-refractivity contribution < 1.29 is 0 Å². The zero-order chi connectivity index (χ0) is 6.15. The van der Waals surface area contributed by atoms with E-state index in [2.05, 4.69) is 13.5 Å². The monoisotopic (exact) mass is 111 g/mol. The van der Waals surface area contributed by atoms with E-state index in [-0.39, 0.29) is 0 Å². The van der Waals surface area contributed by atoms with Gasteiger partial charge >= 0.3 is 0 Å². The van der Waals surface area contributed by atoms with Crippen LogP contribution in [0.25, 0.3) is 0 Å². The highest BCUT2D eigenvalue weighted by atomic mass is 14.7. The number of allylic oxidation sites excluding steroid dienone is 1. The van der Waals surface area contributed by atoms with Crippen LogP contribution in [0.2, 0.25) is 0 Å². The van der Waals surface area contributed by atoms with Crippen LogP contribution in [0.15, 0.2) is 12.7 Å². The van der Waals surface area contributed by atoms with Crippen LogP contribution in [0.5, 0.6) is 0 Å². The molecule has 0 bridgehead atoms. The molecule has 46 valence electrons. The lowest BCUT2D eigenvalue weighted by atomic mass is 10.1. The third-order valence-electron chi connectivity index (χ3n) is 1.94. The summed E-state index contributed by atoms with van der Waals surface area (Å²) in [5.74, 6) is 1.37. The zero-order valence-corrected chi connectivity index (χ0v) is 5.30. The van der Waals surface area contributed by atoms with E-state index < -0.39 is 0 Å². The summed E-state index contributed by atoms with van der Waals surface area (Å²) in [4.78, 5) is 0. The maximum absolute atomic E-state index is 5.60. The molecule has 1 fully saturated rings. The van der Waals surface area contributed by atoms with E-state index in [1.54, 1.807) is 0 Å². The molecule has 2 N–H and O–H groups in total. The highest BCUT2D eigenvalue weighted by molar-refractivity contribution is 4.98. The Bertz CT molecular complexity index is 98.6. The van der Waals surface area contributed by atoms with Gasteiger partial charge in [-0.2, -0.15) is 0 Å². The summed E-state index contributed by atoms with van der Waals surface area (Å²) in [7, 11) is 0. The van der Waals surface area contributed by atoms with Crippen LogP contribution >= 0.6 is 0 Å². The smallest absolute Gasteiger partial charge is 0.00766 e. The molecule has 1 heteroatoms. The summed E-state index contributed by atoms with van der Waals surface area (Å²) < 4.78 is 0. The van der Waals surface area contributed by atoms with E-state index in [1.165, 1.54) is 6.42 Å². The highest BCUT2D eigenvalue weighted by Crippen LogP contribution is 2.35. The van der Waals surface area contributed by atoms with Crippen LogP contribution in [-0.2, 0) is 0 Å². The van der Waals surface area contributed by atoms with Crippen LogP contribution in [0.4, 0.5) is 0 Å². The molecule has 0 radical (unpaired) electrons. The van der Waals surface area contributed by atoms with Crippen molar-refractivity contribution in [3.05, 3.63) is 12.7 Å². The van der Waals surface area contributed by atoms with Crippen molar-refractivity contribution in [1.82, 2.24) is 0 Å². The second-order valence-electron chi connectivity index (χ2n) is 2.66. The minimum absolute atomic E-state index is 0.475. The zero-order valence-electron chi connectivity index (χ0n) is 5.30. The molecule has 0 spiro atoms. The summed E-state index contributed by atoms with van der Waals surface area (Å²) in [6.45, 7) is 5.87. The summed E-state index contributed by atoms with van der Waals surface area (Å²) in [6, 6.07) is 0.475. The van der Waals surface area contributed by atoms with Gasteiger partial charge in [0.15, 0.2) is 0 Å². The van der Waals surface area contributed by atoms with Gasteiger partial charge in [0.1, 0.15) is 0 Å². The fourth-order valence-corrected chi connectivity index (χ4v) is 1.02. The second-order valence-corrected chi connectivity index (χ2v) is 2.66. The molecular formula is C7H13N. The third-order valence-corrected chi connectivity index (χ3v) is 1.94. The van der Waals surface area contributed by atoms with E-state index in [1.807, 2.05) is 6.08 Å². The highest BCUT2D eigenvalue weighted by Gasteiger charge is 2.36. The van der Waals surface area contributed by atoms with E-state index in [0.717, 1.165) is 5.92 Å². The van der Waals surface area contributed by atoms with Gasteiger partial charge in [0.25, 0.3) is 0 Å². The molecule has 1 aliphatic rings. The summed E-state index contributed by atoms with van der Waals surface area (Å²) in [5.41, 5.74) is 5.60. The van der Waals surface area contributed by atoms with Crippen molar-refractivity contribution in [3.63, 3.8) is 0 Å². The Morgan fingerprint density at radius 3 is 2.50 bits per heavy atom. The molecule has 0 aromatic rings. The first kappa shape index (κ1) is 5.83. The standard InChI is InChI=1S/C7H13N/c1-3-5(2)6-4-7(6)8/h3,5-7H,1,4,8H2,2H3. The predicted molar refractivity (Wildman–Crippen MR) is 35.4 cm³/mol. The number of nitrogens with two attached hydrogens (primary N) is 1. The van der Waals surface area contributed by atoms with Crippen molar-refractivity contribution in [1.29, 1.82) is 0 Å². The first-order chi connectivity index (χ1) is 3.75. The van der Waals surface area contributed by atoms with Crippen LogP contribution in [-0.4, -0.2) is 6.04 Å². The largest absolute Gasteiger partial charge is 0.327 e. The normalized spacial score (nSPS) is 38.8. The molecule has 1 nitrogen and oxygen atoms in total. The average Bonchev–Trinajstić information content (AvgIpc) is 2.45. The molecule has 1 saturated carbocycles. The Hall–Kier alpha value is -0.300. The van der Waals surface area contributed by atoms with Crippen LogP contribution in [0.1, 0.15) is 13.3 Å². The summed E-state index contributed by atoms with van der Waals surface area (Å²) in [5, 5.41) is 0. The van der Waals surface area contributed by atoms with Crippen molar-refractivity contribution >= 4 is 0 Å². The van der Waals surface area contributed by atoms with Gasteiger partial charge in [0.2, 0.25) is 0 Å². The minimum Gasteiger partial charge on any atom is -0.327 e. The topological polar surface area (TPSA) is 26.0 Å². The summed E-state index contributed by atoms with van der Waals surface area (Å²) in [6.07, 6.45) is 3.19. The van der Waals surface area contributed by atoms with Gasteiger partial charge in [-0.3, -0.25) is 0 Å². The SMILES string of the molecule is C=CC(C)C1CC1N. The average molecular weight is 111 g/mol. The molecule has 0 amide bonds. The molecule has 0 aliphatic heterocycles. The molecule has 1 aliphatic carbocycles. The van der Waals surface area contributed by atoms with Crippen LogP contribution < -0.4 is 5.73 Å². The van der Waals surface area contributed by atoms with Gasteiger partial charge in [-0.1, -0.05) is 13.0 Å². The van der Waals surface area contributed by atoms with E-state index in [4.69, 9.17) is 5.73 Å². The quantitative estimate of drug-likeness (QED) is 0.531. The lowest BCUT2D eigenvalue weighted by molar-refractivity contribution is 0.608. The Kier molecular flexibility index (Phi) is 1.39. The Morgan fingerprint density at radius 1 is 1.88 bits per heavy atom. The maximum Gasteiger partial charge on any atom is 0.00766 e. The Labute approximate surface area is 50.6 Å². The molecular weight excluding hydrogens is 98.1 g/mol. The Balaban J connectivity index is 2.27. The molecule has 3 unspecified atom stereocenters. The molecule has 0 aromatic carbocycles. The number of rotatable bonds is 2. The Morgan fingerprint density at radius 2 is 2.38 bits per heavy atom. The lowest BCUT2D eigenvalue weighted by Crippen LogP contribution is -2.05. The predicted octanol–water partition coefficient (Wildman–Crippen LogP) is 1.16. The third kappa shape index (κ3) is 0.920. The first-order valence-corrected chi connectivity index (χ1v) is 3.14. The van der Waals surface area contributed by atoms with Crippen molar-refractivity contribution in [2.75, 3.05) is 0 Å². The maximum atomic E-state index is 5.60. The number of hydrogen-bond acceptors (Lipinski definition) is 1. The van der Waals surface area contributed by atoms with Gasteiger partial charge in [0.05, 0.1) is 0 Å². The van der Waals surface area contributed by atoms with E-state index in [9.17, 15) is 0 Å². The summed E-state index contributed by atoms with van der Waals surface area (Å²) >= 11 is 0. The van der Waals surface area contributed by atoms with Gasteiger partial charge in [0, 0.05) is 6.04 Å². The molecule has 0 heterocycles. The molecule has 0 saturated heterocycles.